The van der Waals surface area contributed by atoms with E-state index in [2.05, 4.69) is 27.4 Å². The van der Waals surface area contributed by atoms with Crippen molar-refractivity contribution >= 4 is 5.96 Å². The van der Waals surface area contributed by atoms with E-state index in [-0.39, 0.29) is 6.04 Å². The van der Waals surface area contributed by atoms with Crippen molar-refractivity contribution in [2.24, 2.45) is 4.99 Å². The number of furan rings is 1. The van der Waals surface area contributed by atoms with Gasteiger partial charge in [-0.2, -0.15) is 0 Å². The number of guanidine groups is 1. The molecule has 6 nitrogen and oxygen atoms in total. The van der Waals surface area contributed by atoms with E-state index >= 15 is 0 Å². The topological polar surface area (TPSA) is 62.0 Å². The van der Waals surface area contributed by atoms with Crippen LogP contribution in [0.1, 0.15) is 31.6 Å². The second kappa shape index (κ2) is 8.80. The summed E-state index contributed by atoms with van der Waals surface area (Å²) < 4.78 is 11.2. The third kappa shape index (κ3) is 5.03. The van der Waals surface area contributed by atoms with Gasteiger partial charge in [-0.05, 0) is 46.0 Å². The molecule has 1 saturated heterocycles. The van der Waals surface area contributed by atoms with Gasteiger partial charge in [0.25, 0.3) is 0 Å². The van der Waals surface area contributed by atoms with Gasteiger partial charge in [-0.25, -0.2) is 0 Å². The molecule has 124 valence electrons. The Hall–Kier alpha value is -1.53. The molecule has 2 unspecified atom stereocenters. The van der Waals surface area contributed by atoms with E-state index in [0.717, 1.165) is 44.3 Å². The fourth-order valence-electron chi connectivity index (χ4n) is 2.52. The normalized spacial score (nSPS) is 20.4. The predicted octanol–water partition coefficient (Wildman–Crippen LogP) is 1.62. The van der Waals surface area contributed by atoms with Crippen LogP contribution in [-0.4, -0.2) is 57.3 Å². The molecule has 0 radical (unpaired) electrons. The average molecular weight is 308 g/mol. The molecule has 0 bridgehead atoms. The lowest BCUT2D eigenvalue weighted by molar-refractivity contribution is 0.113. The molecule has 0 aliphatic carbocycles. The lowest BCUT2D eigenvalue weighted by Crippen LogP contribution is -2.41. The van der Waals surface area contributed by atoms with Crippen LogP contribution in [0.4, 0.5) is 0 Å². The predicted molar refractivity (Wildman–Crippen MR) is 88.1 cm³/mol. The lowest BCUT2D eigenvalue weighted by Gasteiger charge is -2.21. The third-order valence-electron chi connectivity index (χ3n) is 3.78. The maximum absolute atomic E-state index is 5.64. The van der Waals surface area contributed by atoms with Gasteiger partial charge >= 0.3 is 0 Å². The molecule has 0 aromatic carbocycles. The quantitative estimate of drug-likeness (QED) is 0.592. The first-order chi connectivity index (χ1) is 10.7. The Morgan fingerprint density at radius 2 is 2.32 bits per heavy atom. The second-order valence-electron chi connectivity index (χ2n) is 5.73. The van der Waals surface area contributed by atoms with Crippen LogP contribution < -0.4 is 10.6 Å². The molecule has 0 spiro atoms. The van der Waals surface area contributed by atoms with E-state index in [0.29, 0.717) is 12.6 Å². The van der Waals surface area contributed by atoms with Crippen LogP contribution in [0, 0.1) is 0 Å². The highest BCUT2D eigenvalue weighted by molar-refractivity contribution is 5.79. The zero-order chi connectivity index (χ0) is 15.8. The summed E-state index contributed by atoms with van der Waals surface area (Å²) in [5, 5.41) is 6.65. The monoisotopic (exact) mass is 308 g/mol. The van der Waals surface area contributed by atoms with Crippen LogP contribution in [0.25, 0.3) is 0 Å². The number of nitrogens with zero attached hydrogens (tertiary/aromatic N) is 2. The van der Waals surface area contributed by atoms with Gasteiger partial charge in [0.05, 0.1) is 25.0 Å². The van der Waals surface area contributed by atoms with E-state index < -0.39 is 0 Å². The molecule has 2 atom stereocenters. The fourth-order valence-corrected chi connectivity index (χ4v) is 2.52. The minimum atomic E-state index is 0.133. The zero-order valence-corrected chi connectivity index (χ0v) is 13.8. The zero-order valence-electron chi connectivity index (χ0n) is 13.8. The Labute approximate surface area is 132 Å². The first kappa shape index (κ1) is 16.8. The van der Waals surface area contributed by atoms with Gasteiger partial charge in [-0.3, -0.25) is 9.89 Å². The molecule has 2 heterocycles. The maximum atomic E-state index is 5.64. The molecule has 6 heteroatoms. The van der Waals surface area contributed by atoms with E-state index in [1.165, 1.54) is 0 Å². The molecule has 1 aromatic heterocycles. The summed E-state index contributed by atoms with van der Waals surface area (Å²) in [7, 11) is 4.07. The summed E-state index contributed by atoms with van der Waals surface area (Å²) in [6, 6.07) is 4.04. The fraction of sp³-hybridized carbons (Fsp3) is 0.688. The molecular weight excluding hydrogens is 280 g/mol. The SMILES string of the molecule is CCNC(=NCC(c1ccco1)N(C)C)NCC1CCCO1. The van der Waals surface area contributed by atoms with Crippen molar-refractivity contribution in [1.82, 2.24) is 15.5 Å². The third-order valence-corrected chi connectivity index (χ3v) is 3.78. The molecule has 1 aliphatic rings. The Morgan fingerprint density at radius 1 is 1.45 bits per heavy atom. The van der Waals surface area contributed by atoms with Crippen LogP contribution in [0.2, 0.25) is 0 Å². The number of nitrogens with one attached hydrogen (secondary N) is 2. The molecule has 1 aliphatic heterocycles. The molecule has 1 fully saturated rings. The number of aliphatic imine (C=N–C) groups is 1. The second-order valence-corrected chi connectivity index (χ2v) is 5.73. The maximum Gasteiger partial charge on any atom is 0.191 e. The standard InChI is InChI=1S/C16H28N4O2/c1-4-17-16(18-11-13-7-5-9-21-13)19-12-14(20(2)3)15-8-6-10-22-15/h6,8,10,13-14H,4-5,7,9,11-12H2,1-3H3,(H2,17,18,19). The van der Waals surface area contributed by atoms with Crippen molar-refractivity contribution in [1.29, 1.82) is 0 Å². The van der Waals surface area contributed by atoms with Crippen molar-refractivity contribution in [3.8, 4) is 0 Å². The van der Waals surface area contributed by atoms with Crippen LogP contribution >= 0.6 is 0 Å². The number of likely N-dealkylation sites (N-methyl/N-ethyl adjacent to an activating group) is 1. The van der Waals surface area contributed by atoms with Crippen molar-refractivity contribution in [2.75, 3.05) is 40.3 Å². The molecule has 0 amide bonds. The van der Waals surface area contributed by atoms with Crippen LogP contribution in [0.15, 0.2) is 27.8 Å². The molecule has 0 saturated carbocycles. The largest absolute Gasteiger partial charge is 0.468 e. The summed E-state index contributed by atoms with van der Waals surface area (Å²) in [5.41, 5.74) is 0. The van der Waals surface area contributed by atoms with E-state index in [9.17, 15) is 0 Å². The Morgan fingerprint density at radius 3 is 2.91 bits per heavy atom. The number of hydrogen-bond donors (Lipinski definition) is 2. The van der Waals surface area contributed by atoms with Gasteiger partial charge in [-0.1, -0.05) is 0 Å². The first-order valence-corrected chi connectivity index (χ1v) is 8.04. The lowest BCUT2D eigenvalue weighted by atomic mass is 10.2. The molecular formula is C16H28N4O2. The number of rotatable bonds is 7. The molecule has 2 rings (SSSR count). The Balaban J connectivity index is 1.92. The van der Waals surface area contributed by atoms with Gasteiger partial charge in [0.2, 0.25) is 0 Å². The Kier molecular flexibility index (Phi) is 6.74. The van der Waals surface area contributed by atoms with Gasteiger partial charge in [-0.15, -0.1) is 0 Å². The van der Waals surface area contributed by atoms with Crippen molar-refractivity contribution in [3.05, 3.63) is 24.2 Å². The van der Waals surface area contributed by atoms with E-state index in [1.807, 2.05) is 26.2 Å². The van der Waals surface area contributed by atoms with Gasteiger partial charge in [0.1, 0.15) is 5.76 Å². The van der Waals surface area contributed by atoms with E-state index in [4.69, 9.17) is 9.15 Å². The molecule has 2 N–H and O–H groups in total. The minimum Gasteiger partial charge on any atom is -0.468 e. The highest BCUT2D eigenvalue weighted by Crippen LogP contribution is 2.18. The summed E-state index contributed by atoms with van der Waals surface area (Å²) in [6.45, 7) is 5.23. The number of hydrogen-bond acceptors (Lipinski definition) is 4. The van der Waals surface area contributed by atoms with Crippen LogP contribution in [0.3, 0.4) is 0 Å². The van der Waals surface area contributed by atoms with Gasteiger partial charge in [0, 0.05) is 19.7 Å². The molecule has 22 heavy (non-hydrogen) atoms. The van der Waals surface area contributed by atoms with Gasteiger partial charge in [0.15, 0.2) is 5.96 Å². The summed E-state index contributed by atoms with van der Waals surface area (Å²) in [6.07, 6.45) is 4.29. The molecule has 1 aromatic rings. The van der Waals surface area contributed by atoms with Gasteiger partial charge < -0.3 is 19.8 Å². The first-order valence-electron chi connectivity index (χ1n) is 8.04. The highest BCUT2D eigenvalue weighted by Gasteiger charge is 2.18. The summed E-state index contributed by atoms with van der Waals surface area (Å²) >= 11 is 0. The van der Waals surface area contributed by atoms with Crippen molar-refractivity contribution in [3.63, 3.8) is 0 Å². The Bertz CT molecular complexity index is 439. The highest BCUT2D eigenvalue weighted by atomic mass is 16.5. The van der Waals surface area contributed by atoms with Crippen LogP contribution in [0.5, 0.6) is 0 Å². The number of ether oxygens (including phenoxy) is 1. The average Bonchev–Trinajstić information content (AvgIpc) is 3.18. The van der Waals surface area contributed by atoms with Crippen LogP contribution in [-0.2, 0) is 4.74 Å². The smallest absolute Gasteiger partial charge is 0.191 e. The van der Waals surface area contributed by atoms with E-state index in [1.54, 1.807) is 6.26 Å². The van der Waals surface area contributed by atoms with Crippen molar-refractivity contribution < 1.29 is 9.15 Å². The van der Waals surface area contributed by atoms with Crippen molar-refractivity contribution in [2.45, 2.75) is 31.9 Å². The summed E-state index contributed by atoms with van der Waals surface area (Å²) in [4.78, 5) is 6.81. The minimum absolute atomic E-state index is 0.133. The summed E-state index contributed by atoms with van der Waals surface area (Å²) in [5.74, 6) is 1.76.